The highest BCUT2D eigenvalue weighted by molar-refractivity contribution is 7.17. The van der Waals surface area contributed by atoms with Gasteiger partial charge in [-0.1, -0.05) is 43.2 Å². The van der Waals surface area contributed by atoms with Crippen molar-refractivity contribution in [3.63, 3.8) is 0 Å². The molecule has 2 amide bonds. The number of aryl methyl sites for hydroxylation is 1. The second-order valence-electron chi connectivity index (χ2n) is 7.71. The zero-order valence-corrected chi connectivity index (χ0v) is 17.0. The summed E-state index contributed by atoms with van der Waals surface area (Å²) in [5.74, 6) is -1.35. The number of ether oxygens (including phenoxy) is 1. The molecule has 0 bridgehead atoms. The summed E-state index contributed by atoms with van der Waals surface area (Å²) < 4.78 is 5.43. The van der Waals surface area contributed by atoms with Crippen molar-refractivity contribution < 1.29 is 19.1 Å². The standard InChI is InChI=1S/C22H24N2O4S/c23-19(26)18-15-9-6-10-16(15)29-20(18)24-17(25)13-28-21(27)22(11-4-5-12-22)14-7-2-1-3-8-14/h1-3,7-8H,4-6,9-13H2,(H2,23,26)(H,24,25). The van der Waals surface area contributed by atoms with E-state index in [1.54, 1.807) is 0 Å². The van der Waals surface area contributed by atoms with Crippen molar-refractivity contribution in [2.75, 3.05) is 11.9 Å². The van der Waals surface area contributed by atoms with Crippen LogP contribution >= 0.6 is 11.3 Å². The summed E-state index contributed by atoms with van der Waals surface area (Å²) in [6, 6.07) is 9.63. The van der Waals surface area contributed by atoms with Crippen LogP contribution < -0.4 is 11.1 Å². The summed E-state index contributed by atoms with van der Waals surface area (Å²) in [5.41, 5.74) is 7.14. The maximum absolute atomic E-state index is 12.9. The van der Waals surface area contributed by atoms with Crippen molar-refractivity contribution in [3.05, 3.63) is 51.9 Å². The second-order valence-corrected chi connectivity index (χ2v) is 8.81. The SMILES string of the molecule is NC(=O)c1c(NC(=O)COC(=O)C2(c3ccccc3)CCCC2)sc2c1CCC2. The molecule has 0 spiro atoms. The molecular weight excluding hydrogens is 388 g/mol. The van der Waals surface area contributed by atoms with E-state index in [2.05, 4.69) is 5.32 Å². The Balaban J connectivity index is 1.44. The largest absolute Gasteiger partial charge is 0.455 e. The van der Waals surface area contributed by atoms with E-state index in [1.165, 1.54) is 11.3 Å². The molecule has 3 N–H and O–H groups in total. The van der Waals surface area contributed by atoms with Crippen molar-refractivity contribution in [3.8, 4) is 0 Å². The number of fused-ring (bicyclic) bond motifs is 1. The Morgan fingerprint density at radius 3 is 2.48 bits per heavy atom. The van der Waals surface area contributed by atoms with Gasteiger partial charge in [-0.15, -0.1) is 11.3 Å². The van der Waals surface area contributed by atoms with Crippen molar-refractivity contribution >= 4 is 34.1 Å². The van der Waals surface area contributed by atoms with Gasteiger partial charge in [-0.05, 0) is 43.2 Å². The molecule has 0 aliphatic heterocycles. The van der Waals surface area contributed by atoms with Crippen LogP contribution in [-0.4, -0.2) is 24.4 Å². The number of esters is 1. The molecule has 0 saturated heterocycles. The van der Waals surface area contributed by atoms with Crippen molar-refractivity contribution in [2.45, 2.75) is 50.4 Å². The number of anilines is 1. The fourth-order valence-corrected chi connectivity index (χ4v) is 5.84. The number of nitrogens with one attached hydrogen (secondary N) is 1. The number of rotatable bonds is 6. The van der Waals surface area contributed by atoms with Gasteiger partial charge in [0.25, 0.3) is 11.8 Å². The highest BCUT2D eigenvalue weighted by atomic mass is 32.1. The van der Waals surface area contributed by atoms with Crippen LogP contribution in [0.4, 0.5) is 5.00 Å². The maximum atomic E-state index is 12.9. The summed E-state index contributed by atoms with van der Waals surface area (Å²) in [7, 11) is 0. The maximum Gasteiger partial charge on any atom is 0.317 e. The summed E-state index contributed by atoms with van der Waals surface area (Å²) in [5, 5.41) is 3.18. The fourth-order valence-electron chi connectivity index (χ4n) is 4.53. The number of hydrogen-bond donors (Lipinski definition) is 2. The first-order valence-corrected chi connectivity index (χ1v) is 10.8. The van der Waals surface area contributed by atoms with E-state index in [0.29, 0.717) is 10.6 Å². The van der Waals surface area contributed by atoms with Gasteiger partial charge >= 0.3 is 5.97 Å². The van der Waals surface area contributed by atoms with Gasteiger partial charge in [0.1, 0.15) is 5.00 Å². The van der Waals surface area contributed by atoms with E-state index in [0.717, 1.165) is 60.9 Å². The Labute approximate surface area is 173 Å². The highest BCUT2D eigenvalue weighted by Gasteiger charge is 2.44. The van der Waals surface area contributed by atoms with Crippen LogP contribution in [0.25, 0.3) is 0 Å². The average molecular weight is 413 g/mol. The first-order chi connectivity index (χ1) is 14.0. The molecule has 1 aromatic heterocycles. The minimum Gasteiger partial charge on any atom is -0.455 e. The molecule has 1 saturated carbocycles. The van der Waals surface area contributed by atoms with E-state index < -0.39 is 17.2 Å². The summed E-state index contributed by atoms with van der Waals surface area (Å²) in [6.45, 7) is -0.381. The molecule has 152 valence electrons. The predicted molar refractivity (Wildman–Crippen MR) is 111 cm³/mol. The molecule has 0 unspecified atom stereocenters. The Hall–Kier alpha value is -2.67. The number of hydrogen-bond acceptors (Lipinski definition) is 5. The van der Waals surface area contributed by atoms with Crippen LogP contribution in [0.1, 0.15) is 58.5 Å². The number of thiophene rings is 1. The van der Waals surface area contributed by atoms with Crippen LogP contribution in [0.3, 0.4) is 0 Å². The van der Waals surface area contributed by atoms with Gasteiger partial charge in [0, 0.05) is 4.88 Å². The molecule has 2 aromatic rings. The summed E-state index contributed by atoms with van der Waals surface area (Å²) in [4.78, 5) is 38.3. The van der Waals surface area contributed by atoms with E-state index in [1.807, 2.05) is 30.3 Å². The molecule has 1 fully saturated rings. The number of benzene rings is 1. The number of carbonyl (C=O) groups excluding carboxylic acids is 3. The average Bonchev–Trinajstić information content (AvgIpc) is 3.43. The monoisotopic (exact) mass is 412 g/mol. The van der Waals surface area contributed by atoms with Gasteiger partial charge in [0.05, 0.1) is 11.0 Å². The zero-order chi connectivity index (χ0) is 20.4. The molecule has 0 radical (unpaired) electrons. The lowest BCUT2D eigenvalue weighted by atomic mass is 9.79. The van der Waals surface area contributed by atoms with Crippen molar-refractivity contribution in [1.29, 1.82) is 0 Å². The molecule has 4 rings (SSSR count). The van der Waals surface area contributed by atoms with Gasteiger partial charge in [-0.3, -0.25) is 14.4 Å². The van der Waals surface area contributed by atoms with Crippen molar-refractivity contribution in [2.24, 2.45) is 5.73 Å². The first-order valence-electron chi connectivity index (χ1n) is 9.98. The van der Waals surface area contributed by atoms with E-state index in [-0.39, 0.29) is 12.6 Å². The van der Waals surface area contributed by atoms with E-state index in [9.17, 15) is 14.4 Å². The Bertz CT molecular complexity index is 945. The molecular formula is C22H24N2O4S. The minimum atomic E-state index is -0.677. The summed E-state index contributed by atoms with van der Waals surface area (Å²) >= 11 is 1.39. The number of carbonyl (C=O) groups is 3. The molecule has 2 aliphatic rings. The Morgan fingerprint density at radius 2 is 1.79 bits per heavy atom. The van der Waals surface area contributed by atoms with Gasteiger partial charge in [-0.2, -0.15) is 0 Å². The lowest BCUT2D eigenvalue weighted by Gasteiger charge is -2.27. The molecule has 1 heterocycles. The van der Waals surface area contributed by atoms with Gasteiger partial charge in [-0.25, -0.2) is 0 Å². The fraction of sp³-hybridized carbons (Fsp3) is 0.409. The quantitative estimate of drug-likeness (QED) is 0.711. The van der Waals surface area contributed by atoms with Gasteiger partial charge < -0.3 is 15.8 Å². The molecule has 29 heavy (non-hydrogen) atoms. The zero-order valence-electron chi connectivity index (χ0n) is 16.2. The number of nitrogens with two attached hydrogens (primary N) is 1. The molecule has 6 nitrogen and oxygen atoms in total. The lowest BCUT2D eigenvalue weighted by Crippen LogP contribution is -2.36. The third kappa shape index (κ3) is 3.67. The van der Waals surface area contributed by atoms with E-state index >= 15 is 0 Å². The first kappa shape index (κ1) is 19.6. The topological polar surface area (TPSA) is 98.5 Å². The van der Waals surface area contributed by atoms with Crippen LogP contribution in [0.5, 0.6) is 0 Å². The molecule has 7 heteroatoms. The van der Waals surface area contributed by atoms with Gasteiger partial charge in [0.2, 0.25) is 0 Å². The van der Waals surface area contributed by atoms with E-state index in [4.69, 9.17) is 10.5 Å². The van der Waals surface area contributed by atoms with Crippen LogP contribution in [0.15, 0.2) is 30.3 Å². The minimum absolute atomic E-state index is 0.361. The molecule has 0 atom stereocenters. The number of primary amides is 1. The van der Waals surface area contributed by atoms with Crippen LogP contribution in [0.2, 0.25) is 0 Å². The lowest BCUT2D eigenvalue weighted by molar-refractivity contribution is -0.153. The highest BCUT2D eigenvalue weighted by Crippen LogP contribution is 2.42. The number of amides is 2. The van der Waals surface area contributed by atoms with Crippen LogP contribution in [-0.2, 0) is 32.6 Å². The van der Waals surface area contributed by atoms with Crippen LogP contribution in [0, 0.1) is 0 Å². The Morgan fingerprint density at radius 1 is 1.07 bits per heavy atom. The third-order valence-electron chi connectivity index (χ3n) is 5.93. The smallest absolute Gasteiger partial charge is 0.317 e. The Kier molecular flexibility index (Phi) is 5.41. The predicted octanol–water partition coefficient (Wildman–Crippen LogP) is 3.33. The molecule has 1 aromatic carbocycles. The van der Waals surface area contributed by atoms with Gasteiger partial charge in [0.15, 0.2) is 6.61 Å². The summed E-state index contributed by atoms with van der Waals surface area (Å²) in [6.07, 6.45) is 6.05. The second kappa shape index (κ2) is 7.99. The van der Waals surface area contributed by atoms with Crippen molar-refractivity contribution in [1.82, 2.24) is 0 Å². The normalized spacial score (nSPS) is 17.0. The third-order valence-corrected chi connectivity index (χ3v) is 7.14. The molecule has 2 aliphatic carbocycles.